The molecule has 25 heavy (non-hydrogen) atoms. The summed E-state index contributed by atoms with van der Waals surface area (Å²) in [7, 11) is 0. The molecule has 0 spiro atoms. The Balaban J connectivity index is 1.99. The minimum Gasteiger partial charge on any atom is -0.466 e. The van der Waals surface area contributed by atoms with Crippen LogP contribution in [0, 0.1) is 6.92 Å². The van der Waals surface area contributed by atoms with Crippen LogP contribution in [0.1, 0.15) is 30.5 Å². The van der Waals surface area contributed by atoms with Crippen molar-refractivity contribution in [2.75, 3.05) is 18.1 Å². The molecule has 1 atom stereocenters. The summed E-state index contributed by atoms with van der Waals surface area (Å²) < 4.78 is 5.63. The van der Waals surface area contributed by atoms with Crippen molar-refractivity contribution in [2.24, 2.45) is 0 Å². The van der Waals surface area contributed by atoms with E-state index in [1.807, 2.05) is 31.2 Å². The van der Waals surface area contributed by atoms with E-state index in [0.29, 0.717) is 16.1 Å². The number of esters is 1. The number of rotatable bonds is 8. The monoisotopic (exact) mass is 380 g/mol. The van der Waals surface area contributed by atoms with Gasteiger partial charge in [-0.2, -0.15) is 0 Å². The lowest BCUT2D eigenvalue weighted by molar-refractivity contribution is -0.143. The third kappa shape index (κ3) is 6.35. The molecule has 7 nitrogen and oxygen atoms in total. The molecule has 0 aliphatic rings. The summed E-state index contributed by atoms with van der Waals surface area (Å²) in [5, 5.41) is 10.8. The number of nitrogens with two attached hydrogens (primary N) is 1. The number of hydrogen-bond acceptors (Lipinski definition) is 8. The van der Waals surface area contributed by atoms with E-state index >= 15 is 0 Å². The lowest BCUT2D eigenvalue weighted by Crippen LogP contribution is -2.31. The van der Waals surface area contributed by atoms with E-state index in [0.717, 1.165) is 11.1 Å². The predicted molar refractivity (Wildman–Crippen MR) is 98.4 cm³/mol. The second-order valence-electron chi connectivity index (χ2n) is 5.23. The van der Waals surface area contributed by atoms with Crippen LogP contribution in [-0.4, -0.2) is 34.4 Å². The zero-order valence-corrected chi connectivity index (χ0v) is 15.7. The van der Waals surface area contributed by atoms with Crippen molar-refractivity contribution in [3.63, 3.8) is 0 Å². The summed E-state index contributed by atoms with van der Waals surface area (Å²) in [4.78, 5) is 24.1. The number of aryl methyl sites for hydroxylation is 1. The standard InChI is InChI=1S/C16H20N4O3S2/c1-3-23-14(22)8-12(11-6-4-10(2)5-7-11)18-13(21)9-24-16-20-19-15(17)25-16/h4-7,12H,3,8-9H2,1-2H3,(H2,17,19)(H,18,21)/t12-/m1/s1. The van der Waals surface area contributed by atoms with E-state index < -0.39 is 6.04 Å². The molecule has 3 N–H and O–H groups in total. The average Bonchev–Trinajstić information content (AvgIpc) is 2.99. The molecule has 1 heterocycles. The number of carbonyl (C=O) groups excluding carboxylic acids is 2. The summed E-state index contributed by atoms with van der Waals surface area (Å²) >= 11 is 2.48. The summed E-state index contributed by atoms with van der Waals surface area (Å²) in [6.45, 7) is 4.04. The fourth-order valence-corrected chi connectivity index (χ4v) is 3.53. The van der Waals surface area contributed by atoms with E-state index in [4.69, 9.17) is 10.5 Å². The van der Waals surface area contributed by atoms with Gasteiger partial charge in [0.1, 0.15) is 0 Å². The van der Waals surface area contributed by atoms with Crippen molar-refractivity contribution >= 4 is 40.1 Å². The number of hydrogen-bond donors (Lipinski definition) is 2. The highest BCUT2D eigenvalue weighted by Crippen LogP contribution is 2.24. The number of carbonyl (C=O) groups is 2. The third-order valence-corrected chi connectivity index (χ3v) is 5.13. The number of amides is 1. The first-order chi connectivity index (χ1) is 12.0. The number of nitrogens with one attached hydrogen (secondary N) is 1. The van der Waals surface area contributed by atoms with Gasteiger partial charge in [-0.05, 0) is 19.4 Å². The highest BCUT2D eigenvalue weighted by Gasteiger charge is 2.19. The van der Waals surface area contributed by atoms with E-state index in [2.05, 4.69) is 15.5 Å². The molecule has 2 rings (SSSR count). The molecular weight excluding hydrogens is 360 g/mol. The molecule has 0 aliphatic carbocycles. The Morgan fingerprint density at radius 1 is 1.32 bits per heavy atom. The molecule has 134 valence electrons. The average molecular weight is 380 g/mol. The second-order valence-corrected chi connectivity index (χ2v) is 7.47. The molecular formula is C16H20N4O3S2. The fraction of sp³-hybridized carbons (Fsp3) is 0.375. The minimum absolute atomic E-state index is 0.0824. The molecule has 0 aliphatic heterocycles. The number of benzene rings is 1. The van der Waals surface area contributed by atoms with E-state index in [-0.39, 0.29) is 24.1 Å². The molecule has 0 fully saturated rings. The Hall–Kier alpha value is -2.13. The van der Waals surface area contributed by atoms with Gasteiger partial charge in [-0.25, -0.2) is 0 Å². The van der Waals surface area contributed by atoms with Crippen molar-refractivity contribution < 1.29 is 14.3 Å². The lowest BCUT2D eigenvalue weighted by Gasteiger charge is -2.18. The Bertz CT molecular complexity index is 718. The summed E-state index contributed by atoms with van der Waals surface area (Å²) in [6.07, 6.45) is 0.0824. The number of aromatic nitrogens is 2. The maximum Gasteiger partial charge on any atom is 0.308 e. The molecule has 1 aromatic carbocycles. The van der Waals surface area contributed by atoms with Gasteiger partial charge in [0.05, 0.1) is 24.8 Å². The molecule has 1 amide bonds. The van der Waals surface area contributed by atoms with Crippen LogP contribution < -0.4 is 11.1 Å². The molecule has 0 unspecified atom stereocenters. The number of ether oxygens (including phenoxy) is 1. The van der Waals surface area contributed by atoms with Crippen LogP contribution in [0.5, 0.6) is 0 Å². The molecule has 9 heteroatoms. The normalized spacial score (nSPS) is 11.8. The maximum atomic E-state index is 12.3. The van der Waals surface area contributed by atoms with E-state index in [9.17, 15) is 9.59 Å². The quantitative estimate of drug-likeness (QED) is 0.534. The van der Waals surface area contributed by atoms with Gasteiger partial charge >= 0.3 is 5.97 Å². The molecule has 1 aromatic heterocycles. The Labute approximate surface area is 154 Å². The molecule has 0 saturated heterocycles. The zero-order chi connectivity index (χ0) is 18.2. The highest BCUT2D eigenvalue weighted by atomic mass is 32.2. The predicted octanol–water partition coefficient (Wildman–Crippen LogP) is 2.33. The van der Waals surface area contributed by atoms with Gasteiger partial charge in [-0.3, -0.25) is 9.59 Å². The van der Waals surface area contributed by atoms with Crippen molar-refractivity contribution in [1.82, 2.24) is 15.5 Å². The fourth-order valence-electron chi connectivity index (χ4n) is 2.08. The van der Waals surface area contributed by atoms with Gasteiger partial charge < -0.3 is 15.8 Å². The third-order valence-electron chi connectivity index (χ3n) is 3.24. The molecule has 0 radical (unpaired) electrons. The van der Waals surface area contributed by atoms with Gasteiger partial charge in [-0.15, -0.1) is 10.2 Å². The molecule has 2 aromatic rings. The van der Waals surface area contributed by atoms with Crippen LogP contribution in [-0.2, 0) is 14.3 Å². The van der Waals surface area contributed by atoms with Gasteiger partial charge in [0.2, 0.25) is 11.0 Å². The number of nitrogens with zero attached hydrogens (tertiary/aromatic N) is 2. The van der Waals surface area contributed by atoms with Gasteiger partial charge in [0.25, 0.3) is 0 Å². The summed E-state index contributed by atoms with van der Waals surface area (Å²) in [5.74, 6) is -0.383. The SMILES string of the molecule is CCOC(=O)C[C@@H](NC(=O)CSc1nnc(N)s1)c1ccc(C)cc1. The minimum atomic E-state index is -0.438. The van der Waals surface area contributed by atoms with E-state index in [1.54, 1.807) is 6.92 Å². The van der Waals surface area contributed by atoms with Crippen LogP contribution in [0.2, 0.25) is 0 Å². The van der Waals surface area contributed by atoms with Crippen LogP contribution in [0.3, 0.4) is 0 Å². The summed E-state index contributed by atoms with van der Waals surface area (Å²) in [6, 6.07) is 7.25. The Morgan fingerprint density at radius 2 is 2.04 bits per heavy atom. The topological polar surface area (TPSA) is 107 Å². The van der Waals surface area contributed by atoms with Gasteiger partial charge in [0.15, 0.2) is 4.34 Å². The lowest BCUT2D eigenvalue weighted by atomic mass is 10.0. The first kappa shape index (κ1) is 19.2. The smallest absolute Gasteiger partial charge is 0.308 e. The van der Waals surface area contributed by atoms with Gasteiger partial charge in [0, 0.05) is 0 Å². The maximum absolute atomic E-state index is 12.3. The highest BCUT2D eigenvalue weighted by molar-refractivity contribution is 8.01. The molecule has 0 saturated carbocycles. The number of anilines is 1. The van der Waals surface area contributed by atoms with Crippen molar-refractivity contribution in [3.8, 4) is 0 Å². The Kier molecular flexibility index (Phi) is 7.20. The van der Waals surface area contributed by atoms with Crippen LogP contribution in [0.25, 0.3) is 0 Å². The number of thioether (sulfide) groups is 1. The van der Waals surface area contributed by atoms with Crippen LogP contribution in [0.15, 0.2) is 28.6 Å². The van der Waals surface area contributed by atoms with Crippen LogP contribution in [0.4, 0.5) is 5.13 Å². The first-order valence-corrected chi connectivity index (χ1v) is 9.51. The first-order valence-electron chi connectivity index (χ1n) is 7.71. The zero-order valence-electron chi connectivity index (χ0n) is 14.0. The van der Waals surface area contributed by atoms with Gasteiger partial charge in [-0.1, -0.05) is 52.9 Å². The Morgan fingerprint density at radius 3 is 2.64 bits per heavy atom. The van der Waals surface area contributed by atoms with Crippen molar-refractivity contribution in [3.05, 3.63) is 35.4 Å². The van der Waals surface area contributed by atoms with Crippen molar-refractivity contribution in [1.29, 1.82) is 0 Å². The van der Waals surface area contributed by atoms with E-state index in [1.165, 1.54) is 23.1 Å². The second kappa shape index (κ2) is 9.38. The van der Waals surface area contributed by atoms with Crippen LogP contribution >= 0.6 is 23.1 Å². The molecule has 0 bridgehead atoms. The number of nitrogen functional groups attached to an aromatic ring is 1. The largest absolute Gasteiger partial charge is 0.466 e. The summed E-state index contributed by atoms with van der Waals surface area (Å²) in [5.41, 5.74) is 7.48. The van der Waals surface area contributed by atoms with Crippen molar-refractivity contribution in [2.45, 2.75) is 30.6 Å².